The van der Waals surface area contributed by atoms with Gasteiger partial charge in [-0.05, 0) is 29.7 Å². The lowest BCUT2D eigenvalue weighted by atomic mass is 10.1. The molecule has 4 nitrogen and oxygen atoms in total. The van der Waals surface area contributed by atoms with Crippen LogP contribution in [-0.4, -0.2) is 25.8 Å². The highest BCUT2D eigenvalue weighted by molar-refractivity contribution is 5.27. The normalized spacial score (nSPS) is 13.5. The maximum atomic E-state index is 6.24. The summed E-state index contributed by atoms with van der Waals surface area (Å²) >= 11 is 0. The van der Waals surface area contributed by atoms with E-state index in [0.717, 1.165) is 18.7 Å². The van der Waals surface area contributed by atoms with E-state index in [4.69, 9.17) is 15.2 Å². The number of methoxy groups -OCH3 is 1. The van der Waals surface area contributed by atoms with Crippen molar-refractivity contribution in [1.29, 1.82) is 0 Å². The topological polar surface area (TPSA) is 56.5 Å². The molecule has 2 aromatic rings. The molecule has 0 aromatic heterocycles. The van der Waals surface area contributed by atoms with Gasteiger partial charge in [0.25, 0.3) is 0 Å². The Morgan fingerprint density at radius 1 is 1.00 bits per heavy atom. The molecule has 3 N–H and O–H groups in total. The number of ether oxygens (including phenoxy) is 2. The molecule has 0 heterocycles. The third kappa shape index (κ3) is 5.96. The molecule has 0 saturated carbocycles. The van der Waals surface area contributed by atoms with Crippen LogP contribution in [0.1, 0.15) is 24.5 Å². The van der Waals surface area contributed by atoms with Gasteiger partial charge in [0.05, 0.1) is 20.3 Å². The van der Waals surface area contributed by atoms with Gasteiger partial charge in [-0.15, -0.1) is 0 Å². The van der Waals surface area contributed by atoms with Crippen LogP contribution in [0.5, 0.6) is 5.75 Å². The van der Waals surface area contributed by atoms with Crippen LogP contribution in [0.4, 0.5) is 0 Å². The maximum absolute atomic E-state index is 6.24. The Hall–Kier alpha value is -1.88. The van der Waals surface area contributed by atoms with Crippen LogP contribution < -0.4 is 15.8 Å². The highest BCUT2D eigenvalue weighted by Gasteiger charge is 2.16. The molecule has 0 fully saturated rings. The fourth-order valence-corrected chi connectivity index (χ4v) is 2.49. The van der Waals surface area contributed by atoms with E-state index in [2.05, 4.69) is 36.5 Å². The molecule has 0 radical (unpaired) electrons. The molecular formula is C20H28N2O2. The second kappa shape index (κ2) is 10.1. The van der Waals surface area contributed by atoms with E-state index in [1.165, 1.54) is 11.1 Å². The van der Waals surface area contributed by atoms with E-state index < -0.39 is 0 Å². The Bertz CT molecular complexity index is 572. The van der Waals surface area contributed by atoms with Gasteiger partial charge < -0.3 is 20.5 Å². The van der Waals surface area contributed by atoms with E-state index in [1.54, 1.807) is 7.11 Å². The molecule has 0 saturated heterocycles. The lowest BCUT2D eigenvalue weighted by Crippen LogP contribution is -2.47. The molecule has 24 heavy (non-hydrogen) atoms. The molecule has 0 spiro atoms. The monoisotopic (exact) mass is 328 g/mol. The molecule has 0 aliphatic heterocycles. The first kappa shape index (κ1) is 18.5. The van der Waals surface area contributed by atoms with Gasteiger partial charge in [0.2, 0.25) is 0 Å². The molecule has 0 aliphatic rings. The van der Waals surface area contributed by atoms with E-state index >= 15 is 0 Å². The molecule has 0 amide bonds. The molecule has 0 bridgehead atoms. The third-order valence-electron chi connectivity index (χ3n) is 4.12. The molecule has 4 heteroatoms. The standard InChI is InChI=1S/C20H28N2O2/c1-3-19(21)20(15-24-14-17-7-5-4-6-8-17)22-13-16-9-11-18(23-2)12-10-16/h4-12,19-20,22H,3,13-15,21H2,1-2H3. The smallest absolute Gasteiger partial charge is 0.118 e. The minimum Gasteiger partial charge on any atom is -0.497 e. The van der Waals surface area contributed by atoms with Crippen LogP contribution in [0.25, 0.3) is 0 Å². The van der Waals surface area contributed by atoms with Crippen molar-refractivity contribution in [2.45, 2.75) is 38.6 Å². The number of hydrogen-bond acceptors (Lipinski definition) is 4. The maximum Gasteiger partial charge on any atom is 0.118 e. The number of rotatable bonds is 10. The summed E-state index contributed by atoms with van der Waals surface area (Å²) in [6.07, 6.45) is 0.912. The van der Waals surface area contributed by atoms with E-state index in [-0.39, 0.29) is 12.1 Å². The largest absolute Gasteiger partial charge is 0.497 e. The van der Waals surface area contributed by atoms with Crippen LogP contribution in [0.15, 0.2) is 54.6 Å². The van der Waals surface area contributed by atoms with E-state index in [1.807, 2.05) is 30.3 Å². The first-order valence-electron chi connectivity index (χ1n) is 8.46. The van der Waals surface area contributed by atoms with Crippen LogP contribution in [0, 0.1) is 0 Å². The van der Waals surface area contributed by atoms with Crippen molar-refractivity contribution in [3.05, 3.63) is 65.7 Å². The van der Waals surface area contributed by atoms with Gasteiger partial charge in [-0.25, -0.2) is 0 Å². The Balaban J connectivity index is 1.83. The highest BCUT2D eigenvalue weighted by atomic mass is 16.5. The Morgan fingerprint density at radius 2 is 1.71 bits per heavy atom. The van der Waals surface area contributed by atoms with Gasteiger partial charge in [0.1, 0.15) is 5.75 Å². The predicted molar refractivity (Wildman–Crippen MR) is 98.0 cm³/mol. The van der Waals surface area contributed by atoms with Crippen LogP contribution in [0.3, 0.4) is 0 Å². The predicted octanol–water partition coefficient (Wildman–Crippen LogP) is 3.11. The van der Waals surface area contributed by atoms with Crippen LogP contribution >= 0.6 is 0 Å². The fraction of sp³-hybridized carbons (Fsp3) is 0.400. The second-order valence-electron chi connectivity index (χ2n) is 5.91. The zero-order valence-electron chi connectivity index (χ0n) is 14.6. The van der Waals surface area contributed by atoms with Gasteiger partial charge in [-0.1, -0.05) is 49.4 Å². The highest BCUT2D eigenvalue weighted by Crippen LogP contribution is 2.11. The first-order valence-corrected chi connectivity index (χ1v) is 8.46. The molecule has 130 valence electrons. The number of nitrogens with one attached hydrogen (secondary N) is 1. The Kier molecular flexibility index (Phi) is 7.75. The van der Waals surface area contributed by atoms with Gasteiger partial charge >= 0.3 is 0 Å². The summed E-state index contributed by atoms with van der Waals surface area (Å²) in [5.74, 6) is 0.867. The minimum absolute atomic E-state index is 0.0685. The van der Waals surface area contributed by atoms with Crippen molar-refractivity contribution < 1.29 is 9.47 Å². The molecular weight excluding hydrogens is 300 g/mol. The van der Waals surface area contributed by atoms with Crippen molar-refractivity contribution in [1.82, 2.24) is 5.32 Å². The van der Waals surface area contributed by atoms with E-state index in [0.29, 0.717) is 13.2 Å². The summed E-state index contributed by atoms with van der Waals surface area (Å²) in [6, 6.07) is 18.5. The van der Waals surface area contributed by atoms with Crippen molar-refractivity contribution in [3.8, 4) is 5.75 Å². The first-order chi connectivity index (χ1) is 11.7. The average Bonchev–Trinajstić information content (AvgIpc) is 2.65. The van der Waals surface area contributed by atoms with Crippen LogP contribution in [-0.2, 0) is 17.9 Å². The summed E-state index contributed by atoms with van der Waals surface area (Å²) in [7, 11) is 1.67. The Morgan fingerprint density at radius 3 is 2.33 bits per heavy atom. The molecule has 2 atom stereocenters. The second-order valence-corrected chi connectivity index (χ2v) is 5.91. The van der Waals surface area contributed by atoms with Gasteiger partial charge in [0, 0.05) is 18.6 Å². The summed E-state index contributed by atoms with van der Waals surface area (Å²) in [4.78, 5) is 0. The number of benzene rings is 2. The Labute approximate surface area is 145 Å². The fourth-order valence-electron chi connectivity index (χ4n) is 2.49. The zero-order chi connectivity index (χ0) is 17.2. The van der Waals surface area contributed by atoms with Crippen molar-refractivity contribution in [2.24, 2.45) is 5.73 Å². The van der Waals surface area contributed by atoms with Gasteiger partial charge in [-0.2, -0.15) is 0 Å². The lowest BCUT2D eigenvalue weighted by molar-refractivity contribution is 0.0905. The van der Waals surface area contributed by atoms with Crippen molar-refractivity contribution in [2.75, 3.05) is 13.7 Å². The molecule has 0 aliphatic carbocycles. The average molecular weight is 328 g/mol. The minimum atomic E-state index is 0.0685. The van der Waals surface area contributed by atoms with Crippen molar-refractivity contribution in [3.63, 3.8) is 0 Å². The number of hydrogen-bond donors (Lipinski definition) is 2. The van der Waals surface area contributed by atoms with Crippen LogP contribution in [0.2, 0.25) is 0 Å². The molecule has 2 aromatic carbocycles. The quantitative estimate of drug-likeness (QED) is 0.704. The summed E-state index contributed by atoms with van der Waals surface area (Å²) in [5, 5.41) is 3.52. The molecule has 2 unspecified atom stereocenters. The SMILES string of the molecule is CCC(N)C(COCc1ccccc1)NCc1ccc(OC)cc1. The molecule has 2 rings (SSSR count). The third-order valence-corrected chi connectivity index (χ3v) is 4.12. The summed E-state index contributed by atoms with van der Waals surface area (Å²) < 4.78 is 11.1. The summed E-state index contributed by atoms with van der Waals surface area (Å²) in [6.45, 7) is 4.07. The van der Waals surface area contributed by atoms with Gasteiger partial charge in [-0.3, -0.25) is 0 Å². The zero-order valence-corrected chi connectivity index (χ0v) is 14.6. The van der Waals surface area contributed by atoms with Crippen molar-refractivity contribution >= 4 is 0 Å². The van der Waals surface area contributed by atoms with Gasteiger partial charge in [0.15, 0.2) is 0 Å². The lowest BCUT2D eigenvalue weighted by Gasteiger charge is -2.24. The number of nitrogens with two attached hydrogens (primary N) is 1. The van der Waals surface area contributed by atoms with E-state index in [9.17, 15) is 0 Å². The summed E-state index contributed by atoms with van der Waals surface area (Å²) in [5.41, 5.74) is 8.62.